The van der Waals surface area contributed by atoms with E-state index in [2.05, 4.69) is 75.8 Å². The van der Waals surface area contributed by atoms with Gasteiger partial charge in [0.15, 0.2) is 0 Å². The van der Waals surface area contributed by atoms with E-state index in [1.807, 2.05) is 12.1 Å². The van der Waals surface area contributed by atoms with Crippen LogP contribution in [0.2, 0.25) is 0 Å². The predicted molar refractivity (Wildman–Crippen MR) is 123 cm³/mol. The van der Waals surface area contributed by atoms with Crippen LogP contribution in [-0.4, -0.2) is 44.0 Å². The van der Waals surface area contributed by atoms with Crippen LogP contribution in [0.5, 0.6) is 0 Å². The van der Waals surface area contributed by atoms with Gasteiger partial charge in [-0.1, -0.05) is 60.7 Å². The first-order chi connectivity index (χ1) is 14.7. The second-order valence-corrected chi connectivity index (χ2v) is 7.60. The Labute approximate surface area is 178 Å². The van der Waals surface area contributed by atoms with Crippen molar-refractivity contribution in [1.82, 2.24) is 10.2 Å². The third-order valence-corrected chi connectivity index (χ3v) is 5.77. The molecule has 3 aromatic carbocycles. The number of nitrogens with two attached hydrogens (primary N) is 1. The molecule has 0 saturated carbocycles. The Bertz CT molecular complexity index is 943. The summed E-state index contributed by atoms with van der Waals surface area (Å²) >= 11 is 0. The monoisotopic (exact) mass is 400 g/mol. The summed E-state index contributed by atoms with van der Waals surface area (Å²) in [6.07, 6.45) is 0. The first-order valence-electron chi connectivity index (χ1n) is 10.4. The summed E-state index contributed by atoms with van der Waals surface area (Å²) in [6.45, 7) is 3.65. The zero-order valence-electron chi connectivity index (χ0n) is 17.3. The van der Waals surface area contributed by atoms with Gasteiger partial charge in [-0.25, -0.2) is 0 Å². The van der Waals surface area contributed by atoms with Crippen LogP contribution in [-0.2, 0) is 0 Å². The minimum atomic E-state index is -0.119. The van der Waals surface area contributed by atoms with Crippen molar-refractivity contribution in [1.29, 1.82) is 0 Å². The van der Waals surface area contributed by atoms with Crippen LogP contribution in [0.25, 0.3) is 0 Å². The molecule has 1 saturated heterocycles. The molecule has 1 aliphatic rings. The van der Waals surface area contributed by atoms with Crippen LogP contribution in [0.3, 0.4) is 0 Å². The summed E-state index contributed by atoms with van der Waals surface area (Å²) < 4.78 is 0. The molecule has 5 nitrogen and oxygen atoms in total. The van der Waals surface area contributed by atoms with Crippen molar-refractivity contribution < 1.29 is 4.79 Å². The molecule has 0 spiro atoms. The highest BCUT2D eigenvalue weighted by molar-refractivity contribution is 5.96. The molecule has 4 rings (SSSR count). The highest BCUT2D eigenvalue weighted by atomic mass is 16.1. The second-order valence-electron chi connectivity index (χ2n) is 7.60. The summed E-state index contributed by atoms with van der Waals surface area (Å²) in [6, 6.07) is 27.2. The lowest BCUT2D eigenvalue weighted by Crippen LogP contribution is -2.48. The third kappa shape index (κ3) is 4.16. The molecule has 5 heteroatoms. The summed E-state index contributed by atoms with van der Waals surface area (Å²) in [5.74, 6) is -0.119. The smallest absolute Gasteiger partial charge is 0.251 e. The number of carbonyl (C=O) groups is 1. The molecule has 1 aliphatic heterocycles. The molecular weight excluding hydrogens is 372 g/mol. The maximum absolute atomic E-state index is 11.9. The van der Waals surface area contributed by atoms with Crippen LogP contribution in [0.4, 0.5) is 11.4 Å². The van der Waals surface area contributed by atoms with Gasteiger partial charge in [-0.15, -0.1) is 0 Å². The number of carbonyl (C=O) groups excluding carboxylic acids is 1. The average Bonchev–Trinajstić information content (AvgIpc) is 2.81. The molecule has 1 amide bonds. The third-order valence-electron chi connectivity index (χ3n) is 5.77. The zero-order chi connectivity index (χ0) is 20.9. The van der Waals surface area contributed by atoms with Crippen molar-refractivity contribution in [2.75, 3.05) is 43.9 Å². The normalized spacial score (nSPS) is 14.7. The van der Waals surface area contributed by atoms with Crippen molar-refractivity contribution >= 4 is 17.3 Å². The Kier molecular flexibility index (Phi) is 6.00. The standard InChI is InChI=1S/C25H28N4O/c1-27-25(30)21-12-13-23(22(26)18-21)28-14-16-29(17-15-28)24(19-8-4-2-5-9-19)20-10-6-3-7-11-20/h2-13,18,24H,14-17,26H2,1H3,(H,27,30). The van der Waals surface area contributed by atoms with Gasteiger partial charge in [0, 0.05) is 38.8 Å². The van der Waals surface area contributed by atoms with E-state index in [4.69, 9.17) is 5.73 Å². The fraction of sp³-hybridized carbons (Fsp3) is 0.240. The van der Waals surface area contributed by atoms with Crippen molar-refractivity contribution in [3.63, 3.8) is 0 Å². The lowest BCUT2D eigenvalue weighted by Gasteiger charge is -2.41. The molecule has 0 aromatic heterocycles. The number of benzene rings is 3. The largest absolute Gasteiger partial charge is 0.397 e. The number of nitrogen functional groups attached to an aromatic ring is 1. The lowest BCUT2D eigenvalue weighted by atomic mass is 9.96. The number of nitrogens with zero attached hydrogens (tertiary/aromatic N) is 2. The molecule has 1 heterocycles. The molecule has 1 fully saturated rings. The van der Waals surface area contributed by atoms with E-state index < -0.39 is 0 Å². The van der Waals surface area contributed by atoms with Crippen molar-refractivity contribution in [3.05, 3.63) is 95.6 Å². The fourth-order valence-electron chi connectivity index (χ4n) is 4.23. The number of anilines is 2. The van der Waals surface area contributed by atoms with Gasteiger partial charge >= 0.3 is 0 Å². The van der Waals surface area contributed by atoms with Gasteiger partial charge in [0.1, 0.15) is 0 Å². The predicted octanol–water partition coefficient (Wildman–Crippen LogP) is 3.54. The van der Waals surface area contributed by atoms with Gasteiger partial charge in [0.2, 0.25) is 0 Å². The minimum Gasteiger partial charge on any atom is -0.397 e. The van der Waals surface area contributed by atoms with Crippen LogP contribution in [0.15, 0.2) is 78.9 Å². The number of amides is 1. The molecule has 3 N–H and O–H groups in total. The quantitative estimate of drug-likeness (QED) is 0.643. The summed E-state index contributed by atoms with van der Waals surface area (Å²) in [5, 5.41) is 2.64. The molecule has 0 radical (unpaired) electrons. The van der Waals surface area contributed by atoms with Crippen LogP contribution >= 0.6 is 0 Å². The Balaban J connectivity index is 1.52. The van der Waals surface area contributed by atoms with E-state index in [1.165, 1.54) is 11.1 Å². The number of hydrogen-bond donors (Lipinski definition) is 2. The topological polar surface area (TPSA) is 61.6 Å². The molecule has 0 bridgehead atoms. The van der Waals surface area contributed by atoms with E-state index >= 15 is 0 Å². The minimum absolute atomic E-state index is 0.119. The van der Waals surface area contributed by atoms with Gasteiger partial charge in [-0.2, -0.15) is 0 Å². The van der Waals surface area contributed by atoms with E-state index in [9.17, 15) is 4.79 Å². The highest BCUT2D eigenvalue weighted by Crippen LogP contribution is 2.31. The van der Waals surface area contributed by atoms with Gasteiger partial charge in [0.25, 0.3) is 5.91 Å². The van der Waals surface area contributed by atoms with Gasteiger partial charge in [-0.05, 0) is 29.3 Å². The average molecular weight is 401 g/mol. The van der Waals surface area contributed by atoms with Gasteiger partial charge < -0.3 is 16.0 Å². The number of piperazine rings is 1. The number of hydrogen-bond acceptors (Lipinski definition) is 4. The summed E-state index contributed by atoms with van der Waals surface area (Å²) in [7, 11) is 1.63. The Morgan fingerprint density at radius 3 is 1.93 bits per heavy atom. The molecule has 3 aromatic rings. The Morgan fingerprint density at radius 2 is 1.43 bits per heavy atom. The maximum Gasteiger partial charge on any atom is 0.251 e. The first kappa shape index (κ1) is 20.0. The lowest BCUT2D eigenvalue weighted by molar-refractivity contribution is 0.0963. The van der Waals surface area contributed by atoms with Crippen molar-refractivity contribution in [3.8, 4) is 0 Å². The van der Waals surface area contributed by atoms with Crippen molar-refractivity contribution in [2.45, 2.75) is 6.04 Å². The Morgan fingerprint density at radius 1 is 0.867 bits per heavy atom. The van der Waals surface area contributed by atoms with E-state index in [0.29, 0.717) is 11.3 Å². The fourth-order valence-corrected chi connectivity index (χ4v) is 4.23. The van der Waals surface area contributed by atoms with E-state index in [-0.39, 0.29) is 11.9 Å². The highest BCUT2D eigenvalue weighted by Gasteiger charge is 2.27. The molecule has 154 valence electrons. The maximum atomic E-state index is 11.9. The van der Waals surface area contributed by atoms with Crippen LogP contribution < -0.4 is 16.0 Å². The second kappa shape index (κ2) is 9.01. The molecule has 0 unspecified atom stereocenters. The van der Waals surface area contributed by atoms with Crippen LogP contribution in [0, 0.1) is 0 Å². The SMILES string of the molecule is CNC(=O)c1ccc(N2CCN(C(c3ccccc3)c3ccccc3)CC2)c(N)c1. The zero-order valence-corrected chi connectivity index (χ0v) is 17.3. The molecular formula is C25H28N4O. The Hall–Kier alpha value is -3.31. The van der Waals surface area contributed by atoms with Crippen LogP contribution in [0.1, 0.15) is 27.5 Å². The van der Waals surface area contributed by atoms with E-state index in [1.54, 1.807) is 13.1 Å². The van der Waals surface area contributed by atoms with Gasteiger partial charge in [0.05, 0.1) is 17.4 Å². The van der Waals surface area contributed by atoms with Crippen molar-refractivity contribution in [2.24, 2.45) is 0 Å². The number of rotatable bonds is 5. The molecule has 0 atom stereocenters. The summed E-state index contributed by atoms with van der Waals surface area (Å²) in [4.78, 5) is 16.7. The number of nitrogens with one attached hydrogen (secondary N) is 1. The summed E-state index contributed by atoms with van der Waals surface area (Å²) in [5.41, 5.74) is 11.1. The van der Waals surface area contributed by atoms with Gasteiger partial charge in [-0.3, -0.25) is 9.69 Å². The van der Waals surface area contributed by atoms with E-state index in [0.717, 1.165) is 31.9 Å². The molecule has 30 heavy (non-hydrogen) atoms. The molecule has 0 aliphatic carbocycles. The first-order valence-corrected chi connectivity index (χ1v) is 10.4.